The standard InChI is InChI=1S/C52H78FN7O12/c1-48(2,3)70-45(66)54-28-20-19-25-36(43(64)60-29-26-52(27-30-60,44(65)69-12)59-47(68)72-50(7,8)9)55-42(63)39(33-51(10,11)53)57-40(61)37(31-34-21-15-13-16-22-34)56-41(62)38(32-35-23-17-14-18-24-35)58-46(67)71-49(4,5)6/h13-18,21-24,36-39H,19-20,25-33H2,1-12H3,(H,54,66)(H,55,63)(H,56,62)(H,57,61)(H,58,67)(H,59,68)/t36-,37-,38-,39?/m1/s1. The lowest BCUT2D eigenvalue weighted by molar-refractivity contribution is -0.153. The predicted octanol–water partition coefficient (Wildman–Crippen LogP) is 5.71. The van der Waals surface area contributed by atoms with E-state index in [0.29, 0.717) is 24.0 Å². The first-order valence-electron chi connectivity index (χ1n) is 24.4. The fourth-order valence-corrected chi connectivity index (χ4v) is 7.72. The highest BCUT2D eigenvalue weighted by molar-refractivity contribution is 5.96. The summed E-state index contributed by atoms with van der Waals surface area (Å²) in [7, 11) is 1.18. The summed E-state index contributed by atoms with van der Waals surface area (Å²) in [6.07, 6.45) is -2.37. The van der Waals surface area contributed by atoms with Crippen molar-refractivity contribution in [3.63, 3.8) is 0 Å². The van der Waals surface area contributed by atoms with Gasteiger partial charge < -0.3 is 55.7 Å². The minimum Gasteiger partial charge on any atom is -0.467 e. The third-order valence-electron chi connectivity index (χ3n) is 11.0. The van der Waals surface area contributed by atoms with Crippen molar-refractivity contribution in [3.8, 4) is 0 Å². The normalized spacial score (nSPS) is 15.5. The Kier molecular flexibility index (Phi) is 21.8. The van der Waals surface area contributed by atoms with Crippen LogP contribution in [0.25, 0.3) is 0 Å². The number of methoxy groups -OCH3 is 1. The van der Waals surface area contributed by atoms with Crippen LogP contribution < -0.4 is 31.9 Å². The average molecular weight is 1010 g/mol. The van der Waals surface area contributed by atoms with Crippen molar-refractivity contribution in [2.45, 2.75) is 180 Å². The third-order valence-corrected chi connectivity index (χ3v) is 11.0. The lowest BCUT2D eigenvalue weighted by atomic mass is 9.87. The number of carbonyl (C=O) groups excluding carboxylic acids is 8. The monoisotopic (exact) mass is 1010 g/mol. The summed E-state index contributed by atoms with van der Waals surface area (Å²) < 4.78 is 36.9. The largest absolute Gasteiger partial charge is 0.467 e. The van der Waals surface area contributed by atoms with Gasteiger partial charge in [-0.15, -0.1) is 0 Å². The minimum absolute atomic E-state index is 0.0279. The van der Waals surface area contributed by atoms with Crippen molar-refractivity contribution in [2.24, 2.45) is 0 Å². The molecule has 0 aliphatic carbocycles. The molecule has 1 aliphatic heterocycles. The highest BCUT2D eigenvalue weighted by Crippen LogP contribution is 2.26. The van der Waals surface area contributed by atoms with E-state index in [4.69, 9.17) is 18.9 Å². The molecular weight excluding hydrogens is 934 g/mol. The number of piperidine rings is 1. The number of rotatable bonds is 21. The predicted molar refractivity (Wildman–Crippen MR) is 267 cm³/mol. The van der Waals surface area contributed by atoms with E-state index in [9.17, 15) is 38.4 Å². The summed E-state index contributed by atoms with van der Waals surface area (Å²) in [6.45, 7) is 17.7. The summed E-state index contributed by atoms with van der Waals surface area (Å²) in [5.74, 6) is -3.78. The number of ether oxygens (including phenoxy) is 4. The van der Waals surface area contributed by atoms with Gasteiger partial charge in [0, 0.05) is 38.9 Å². The molecule has 3 rings (SSSR count). The Morgan fingerprint density at radius 1 is 0.583 bits per heavy atom. The summed E-state index contributed by atoms with van der Waals surface area (Å²) >= 11 is 0. The fraction of sp³-hybridized carbons (Fsp3) is 0.615. The first kappa shape index (κ1) is 59.8. The van der Waals surface area contributed by atoms with Crippen molar-refractivity contribution >= 4 is 47.9 Å². The van der Waals surface area contributed by atoms with Gasteiger partial charge in [-0.3, -0.25) is 19.2 Å². The number of halogens is 1. The molecule has 0 aromatic heterocycles. The lowest BCUT2D eigenvalue weighted by Crippen LogP contribution is -2.63. The lowest BCUT2D eigenvalue weighted by Gasteiger charge is -2.41. The number of alkyl halides is 1. The number of alkyl carbamates (subject to hydrolysis) is 3. The molecule has 19 nitrogen and oxygen atoms in total. The number of likely N-dealkylation sites (tertiary alicyclic amines) is 1. The van der Waals surface area contributed by atoms with Gasteiger partial charge in [0.15, 0.2) is 0 Å². The molecule has 1 heterocycles. The van der Waals surface area contributed by atoms with Crippen molar-refractivity contribution < 1.29 is 61.7 Å². The van der Waals surface area contributed by atoms with Gasteiger partial charge in [0.25, 0.3) is 0 Å². The molecule has 0 saturated carbocycles. The van der Waals surface area contributed by atoms with E-state index in [1.807, 2.05) is 0 Å². The average Bonchev–Trinajstić information content (AvgIpc) is 3.25. The number of hydrogen-bond donors (Lipinski definition) is 6. The van der Waals surface area contributed by atoms with Crippen LogP contribution in [-0.2, 0) is 55.8 Å². The Morgan fingerprint density at radius 2 is 1.01 bits per heavy atom. The van der Waals surface area contributed by atoms with Gasteiger partial charge in [-0.2, -0.15) is 0 Å². The Morgan fingerprint density at radius 3 is 1.49 bits per heavy atom. The summed E-state index contributed by atoms with van der Waals surface area (Å²) in [5.41, 5.74) is -4.72. The molecule has 1 aliphatic rings. The van der Waals surface area contributed by atoms with Crippen LogP contribution in [0.3, 0.4) is 0 Å². The molecular formula is C52H78FN7O12. The number of nitrogens with one attached hydrogen (secondary N) is 6. The van der Waals surface area contributed by atoms with E-state index in [2.05, 4.69) is 31.9 Å². The van der Waals surface area contributed by atoms with Crippen LogP contribution in [0, 0.1) is 0 Å². The molecule has 1 saturated heterocycles. The van der Waals surface area contributed by atoms with E-state index >= 15 is 4.39 Å². The molecule has 400 valence electrons. The van der Waals surface area contributed by atoms with Crippen molar-refractivity contribution in [3.05, 3.63) is 71.8 Å². The maximum Gasteiger partial charge on any atom is 0.408 e. The summed E-state index contributed by atoms with van der Waals surface area (Å²) in [6, 6.07) is 12.2. The molecule has 0 spiro atoms. The van der Waals surface area contributed by atoms with Crippen LogP contribution in [0.1, 0.15) is 126 Å². The summed E-state index contributed by atoms with van der Waals surface area (Å²) in [4.78, 5) is 110. The van der Waals surface area contributed by atoms with E-state index in [-0.39, 0.29) is 51.7 Å². The molecule has 0 radical (unpaired) electrons. The quantitative estimate of drug-likeness (QED) is 0.0500. The van der Waals surface area contributed by atoms with Crippen LogP contribution in [0.5, 0.6) is 0 Å². The molecule has 0 bridgehead atoms. The van der Waals surface area contributed by atoms with Gasteiger partial charge in [-0.25, -0.2) is 23.6 Å². The first-order chi connectivity index (χ1) is 33.4. The van der Waals surface area contributed by atoms with Gasteiger partial charge >= 0.3 is 24.2 Å². The number of nitrogens with zero attached hydrogens (tertiary/aromatic N) is 1. The first-order valence-corrected chi connectivity index (χ1v) is 24.4. The van der Waals surface area contributed by atoms with Crippen LogP contribution in [0.2, 0.25) is 0 Å². The SMILES string of the molecule is COC(=O)C1(NC(=O)OC(C)(C)C)CCN(C(=O)[C@@H](CCCCNC(=O)OC(C)(C)C)NC(=O)C(CC(C)(C)F)NC(=O)[C@@H](Cc2ccccc2)NC(=O)[C@@H](Cc2ccccc2)NC(=O)OC(C)(C)C)CC1. The molecule has 20 heteroatoms. The maximum absolute atomic E-state index is 15.7. The van der Waals surface area contributed by atoms with Crippen LogP contribution in [0.15, 0.2) is 60.7 Å². The second-order valence-corrected chi connectivity index (χ2v) is 21.6. The fourth-order valence-electron chi connectivity index (χ4n) is 7.72. The van der Waals surface area contributed by atoms with Crippen molar-refractivity contribution in [2.75, 3.05) is 26.7 Å². The Balaban J connectivity index is 1.94. The Bertz CT molecular complexity index is 2140. The van der Waals surface area contributed by atoms with Crippen LogP contribution in [-0.4, -0.2) is 132 Å². The number of benzene rings is 2. The third kappa shape index (κ3) is 21.9. The smallest absolute Gasteiger partial charge is 0.408 e. The van der Waals surface area contributed by atoms with E-state index in [1.54, 1.807) is 123 Å². The van der Waals surface area contributed by atoms with E-state index in [0.717, 1.165) is 0 Å². The van der Waals surface area contributed by atoms with Gasteiger partial charge in [-0.05, 0) is 119 Å². The zero-order valence-corrected chi connectivity index (χ0v) is 44.1. The Hall–Kier alpha value is -6.47. The zero-order chi connectivity index (χ0) is 54.1. The van der Waals surface area contributed by atoms with Gasteiger partial charge in [0.1, 0.15) is 52.2 Å². The van der Waals surface area contributed by atoms with E-state index < -0.39 is 106 Å². The van der Waals surface area contributed by atoms with E-state index in [1.165, 1.54) is 25.9 Å². The van der Waals surface area contributed by atoms with Crippen LogP contribution in [0.4, 0.5) is 18.8 Å². The van der Waals surface area contributed by atoms with Crippen molar-refractivity contribution in [1.82, 2.24) is 36.8 Å². The molecule has 6 N–H and O–H groups in total. The summed E-state index contributed by atoms with van der Waals surface area (Å²) in [5, 5.41) is 16.1. The molecule has 1 fully saturated rings. The molecule has 1 unspecified atom stereocenters. The minimum atomic E-state index is -2.04. The topological polar surface area (TPSA) is 249 Å². The maximum atomic E-state index is 15.7. The van der Waals surface area contributed by atoms with Gasteiger partial charge in [-0.1, -0.05) is 60.7 Å². The number of hydrogen-bond acceptors (Lipinski definition) is 12. The molecule has 2 aromatic carbocycles. The number of unbranched alkanes of at least 4 members (excludes halogenated alkanes) is 1. The molecule has 2 aromatic rings. The second kappa shape index (κ2) is 26.3. The zero-order valence-electron chi connectivity index (χ0n) is 44.1. The molecule has 72 heavy (non-hydrogen) atoms. The van der Waals surface area contributed by atoms with Crippen LogP contribution >= 0.6 is 0 Å². The van der Waals surface area contributed by atoms with Gasteiger partial charge in [0.2, 0.25) is 23.6 Å². The highest BCUT2D eigenvalue weighted by Gasteiger charge is 2.46. The molecule has 7 amide bonds. The molecule has 4 atom stereocenters. The number of carbonyl (C=O) groups is 8. The van der Waals surface area contributed by atoms with Crippen molar-refractivity contribution in [1.29, 1.82) is 0 Å². The van der Waals surface area contributed by atoms with Gasteiger partial charge in [0.05, 0.1) is 7.11 Å². The second-order valence-electron chi connectivity index (χ2n) is 21.6. The number of esters is 1. The Labute approximate surface area is 423 Å². The highest BCUT2D eigenvalue weighted by atomic mass is 19.1. The number of amides is 7.